The minimum absolute atomic E-state index is 0.0972. The molecule has 126 valence electrons. The van der Waals surface area contributed by atoms with Crippen LogP contribution in [0, 0.1) is 0 Å². The second kappa shape index (κ2) is 9.25. The largest absolute Gasteiger partial charge is 0.481 e. The molecule has 0 spiro atoms. The van der Waals surface area contributed by atoms with Crippen LogP contribution in [0.1, 0.15) is 47.7 Å². The van der Waals surface area contributed by atoms with Crippen molar-refractivity contribution in [1.29, 1.82) is 0 Å². The van der Waals surface area contributed by atoms with E-state index in [0.717, 1.165) is 0 Å². The predicted molar refractivity (Wildman–Crippen MR) is 90.3 cm³/mol. The normalized spacial score (nSPS) is 10.9. The molecule has 0 aliphatic rings. The van der Waals surface area contributed by atoms with E-state index in [1.165, 1.54) is 0 Å². The number of carbonyl (C=O) groups excluding carboxylic acids is 1. The van der Waals surface area contributed by atoms with E-state index >= 15 is 0 Å². The lowest BCUT2D eigenvalue weighted by atomic mass is 9.96. The molecule has 5 nitrogen and oxygen atoms in total. The Labute approximate surface area is 140 Å². The summed E-state index contributed by atoms with van der Waals surface area (Å²) >= 11 is 0. The summed E-state index contributed by atoms with van der Waals surface area (Å²) in [7, 11) is 0. The first-order valence-corrected chi connectivity index (χ1v) is 7.51. The van der Waals surface area contributed by atoms with Crippen molar-refractivity contribution < 1.29 is 24.6 Å². The fourth-order valence-corrected chi connectivity index (χ4v) is 1.85. The van der Waals surface area contributed by atoms with Gasteiger partial charge >= 0.3 is 11.9 Å². The molecule has 0 amide bonds. The quantitative estimate of drug-likeness (QED) is 0.818. The number of carboxylic acid groups (broad SMARTS) is 2. The van der Waals surface area contributed by atoms with E-state index in [9.17, 15) is 14.4 Å². The molecule has 2 rings (SSSR count). The van der Waals surface area contributed by atoms with Gasteiger partial charge in [-0.2, -0.15) is 0 Å². The predicted octanol–water partition coefficient (Wildman–Crippen LogP) is 3.59. The first-order valence-electron chi connectivity index (χ1n) is 7.51. The highest BCUT2D eigenvalue weighted by atomic mass is 16.4. The topological polar surface area (TPSA) is 91.7 Å². The molecule has 0 heterocycles. The van der Waals surface area contributed by atoms with Crippen molar-refractivity contribution in [3.8, 4) is 0 Å². The van der Waals surface area contributed by atoms with Crippen molar-refractivity contribution in [2.45, 2.75) is 26.2 Å². The van der Waals surface area contributed by atoms with Crippen LogP contribution in [0.3, 0.4) is 0 Å². The Morgan fingerprint density at radius 3 is 1.96 bits per heavy atom. The van der Waals surface area contributed by atoms with Crippen LogP contribution in [-0.4, -0.2) is 27.9 Å². The van der Waals surface area contributed by atoms with Crippen molar-refractivity contribution in [3.05, 3.63) is 71.3 Å². The second-order valence-electron chi connectivity index (χ2n) is 5.13. The van der Waals surface area contributed by atoms with Gasteiger partial charge in [-0.15, -0.1) is 0 Å². The molecule has 0 saturated carbocycles. The molecule has 0 fully saturated rings. The molecule has 0 aromatic heterocycles. The van der Waals surface area contributed by atoms with Crippen molar-refractivity contribution in [1.82, 2.24) is 0 Å². The van der Waals surface area contributed by atoms with Crippen LogP contribution in [0.2, 0.25) is 0 Å². The summed E-state index contributed by atoms with van der Waals surface area (Å²) in [6.07, 6.45) is 0.222. The first-order chi connectivity index (χ1) is 11.4. The minimum Gasteiger partial charge on any atom is -0.481 e. The van der Waals surface area contributed by atoms with Crippen LogP contribution >= 0.6 is 0 Å². The molecule has 0 aliphatic heterocycles. The summed E-state index contributed by atoms with van der Waals surface area (Å²) in [5, 5.41) is 16.7. The van der Waals surface area contributed by atoms with Crippen molar-refractivity contribution in [3.63, 3.8) is 0 Å². The van der Waals surface area contributed by atoms with Crippen LogP contribution in [-0.2, 0) is 9.59 Å². The van der Waals surface area contributed by atoms with Gasteiger partial charge in [0, 0.05) is 17.5 Å². The van der Waals surface area contributed by atoms with Gasteiger partial charge in [-0.05, 0) is 18.6 Å². The summed E-state index contributed by atoms with van der Waals surface area (Å²) in [4.78, 5) is 32.6. The van der Waals surface area contributed by atoms with Crippen molar-refractivity contribution in [2.75, 3.05) is 0 Å². The highest BCUT2D eigenvalue weighted by Gasteiger charge is 2.16. The van der Waals surface area contributed by atoms with Gasteiger partial charge < -0.3 is 10.2 Å². The average Bonchev–Trinajstić information content (AvgIpc) is 2.61. The van der Waals surface area contributed by atoms with Crippen LogP contribution in [0.5, 0.6) is 0 Å². The lowest BCUT2D eigenvalue weighted by Gasteiger charge is -2.08. The van der Waals surface area contributed by atoms with Gasteiger partial charge in [0.25, 0.3) is 0 Å². The zero-order chi connectivity index (χ0) is 18.1. The van der Waals surface area contributed by atoms with E-state index in [4.69, 9.17) is 10.2 Å². The summed E-state index contributed by atoms with van der Waals surface area (Å²) in [6, 6.07) is 15.7. The summed E-state index contributed by atoms with van der Waals surface area (Å²) in [6.45, 7) is 3.21. The molecule has 0 radical (unpaired) electrons. The zero-order valence-electron chi connectivity index (χ0n) is 13.6. The highest BCUT2D eigenvalue weighted by molar-refractivity contribution is 6.09. The maximum atomic E-state index is 12.2. The molecule has 0 aliphatic carbocycles. The zero-order valence-corrected chi connectivity index (χ0v) is 13.6. The fourth-order valence-electron chi connectivity index (χ4n) is 1.85. The van der Waals surface area contributed by atoms with E-state index in [1.807, 2.05) is 6.07 Å². The third-order valence-electron chi connectivity index (χ3n) is 3.36. The van der Waals surface area contributed by atoms with Gasteiger partial charge in [0.05, 0.1) is 5.92 Å². The first kappa shape index (κ1) is 19.1. The Morgan fingerprint density at radius 1 is 0.917 bits per heavy atom. The molecule has 0 saturated heterocycles. The number of hydrogen-bond donors (Lipinski definition) is 2. The highest BCUT2D eigenvalue weighted by Crippen LogP contribution is 2.18. The van der Waals surface area contributed by atoms with E-state index in [1.54, 1.807) is 62.4 Å². The summed E-state index contributed by atoms with van der Waals surface area (Å²) < 4.78 is 0. The number of hydrogen-bond acceptors (Lipinski definition) is 3. The van der Waals surface area contributed by atoms with Gasteiger partial charge in [0.15, 0.2) is 5.78 Å². The molecule has 2 N–H and O–H groups in total. The van der Waals surface area contributed by atoms with Gasteiger partial charge in [-0.3, -0.25) is 14.4 Å². The Morgan fingerprint density at radius 2 is 1.46 bits per heavy atom. The van der Waals surface area contributed by atoms with Gasteiger partial charge in [-0.25, -0.2) is 0 Å². The number of benzene rings is 2. The molecular weight excluding hydrogens is 308 g/mol. The Balaban J connectivity index is 0.000000505. The Bertz CT molecular complexity index is 707. The van der Waals surface area contributed by atoms with Gasteiger partial charge in [0.1, 0.15) is 0 Å². The fraction of sp³-hybridized carbons (Fsp3) is 0.211. The van der Waals surface area contributed by atoms with Crippen molar-refractivity contribution in [2.24, 2.45) is 0 Å². The number of ketones is 1. The van der Waals surface area contributed by atoms with E-state index in [2.05, 4.69) is 0 Å². The van der Waals surface area contributed by atoms with Crippen LogP contribution in [0.4, 0.5) is 0 Å². The van der Waals surface area contributed by atoms with E-state index in [0.29, 0.717) is 16.7 Å². The van der Waals surface area contributed by atoms with Crippen LogP contribution in [0.25, 0.3) is 0 Å². The number of carbonyl (C=O) groups is 3. The third-order valence-corrected chi connectivity index (χ3v) is 3.36. The summed E-state index contributed by atoms with van der Waals surface area (Å²) in [5.74, 6) is -2.36. The lowest BCUT2D eigenvalue weighted by molar-refractivity contribution is -0.138. The molecule has 1 atom stereocenters. The Hall–Kier alpha value is -2.95. The van der Waals surface area contributed by atoms with E-state index in [-0.39, 0.29) is 12.2 Å². The van der Waals surface area contributed by atoms with Crippen LogP contribution < -0.4 is 0 Å². The molecule has 1 unspecified atom stereocenters. The number of rotatable bonds is 5. The number of carboxylic acids is 2. The average molecular weight is 328 g/mol. The third kappa shape index (κ3) is 5.68. The minimum atomic E-state index is -0.899. The second-order valence-corrected chi connectivity index (χ2v) is 5.13. The number of aliphatic carboxylic acids is 2. The van der Waals surface area contributed by atoms with Crippen LogP contribution in [0.15, 0.2) is 54.6 Å². The maximum absolute atomic E-state index is 12.2. The summed E-state index contributed by atoms with van der Waals surface area (Å²) in [5.41, 5.74) is 1.74. The smallest absolute Gasteiger partial charge is 0.310 e. The molecule has 5 heteroatoms. The Kier molecular flexibility index (Phi) is 7.36. The monoisotopic (exact) mass is 328 g/mol. The standard InChI is InChI=1S/C16H14O3.C3H6O2/c1-11(16(18)19)13-8-5-9-14(10-13)15(17)12-6-3-2-4-7-12;1-2-3(4)5/h2-11H,1H3,(H,18,19);2H2,1H3,(H,4,5). The van der Waals surface area contributed by atoms with Gasteiger partial charge in [0.2, 0.25) is 0 Å². The molecule has 24 heavy (non-hydrogen) atoms. The molecule has 0 bridgehead atoms. The molecular formula is C19H20O5. The SMILES string of the molecule is CC(C(=O)O)c1cccc(C(=O)c2ccccc2)c1.CCC(=O)O. The van der Waals surface area contributed by atoms with Gasteiger partial charge in [-0.1, -0.05) is 55.5 Å². The van der Waals surface area contributed by atoms with Crippen molar-refractivity contribution >= 4 is 17.7 Å². The maximum Gasteiger partial charge on any atom is 0.310 e. The molecule has 2 aromatic carbocycles. The van der Waals surface area contributed by atoms with E-state index < -0.39 is 17.9 Å². The molecule has 2 aromatic rings. The lowest BCUT2D eigenvalue weighted by Crippen LogP contribution is -2.09.